The highest BCUT2D eigenvalue weighted by molar-refractivity contribution is 5.85. The number of nitrogens with one attached hydrogen (secondary N) is 1. The van der Waals surface area contributed by atoms with Crippen molar-refractivity contribution in [2.75, 3.05) is 32.9 Å². The van der Waals surface area contributed by atoms with E-state index < -0.39 is 0 Å². The first-order chi connectivity index (χ1) is 14.2. The summed E-state index contributed by atoms with van der Waals surface area (Å²) in [6.45, 7) is 7.73. The fourth-order valence-corrected chi connectivity index (χ4v) is 4.32. The van der Waals surface area contributed by atoms with Crippen LogP contribution in [-0.4, -0.2) is 59.7 Å². The third-order valence-electron chi connectivity index (χ3n) is 6.07. The van der Waals surface area contributed by atoms with E-state index in [-0.39, 0.29) is 18.1 Å². The van der Waals surface area contributed by atoms with Crippen LogP contribution in [0.2, 0.25) is 0 Å². The molecule has 2 aliphatic heterocycles. The summed E-state index contributed by atoms with van der Waals surface area (Å²) in [4.78, 5) is 14.6. The van der Waals surface area contributed by atoms with Crippen molar-refractivity contribution in [3.63, 3.8) is 0 Å². The Morgan fingerprint density at radius 3 is 2.66 bits per heavy atom. The van der Waals surface area contributed by atoms with E-state index >= 15 is 0 Å². The highest BCUT2D eigenvalue weighted by Gasteiger charge is 2.28. The predicted octanol–water partition coefficient (Wildman–Crippen LogP) is 3.52. The van der Waals surface area contributed by atoms with Crippen LogP contribution < -0.4 is 10.1 Å². The number of aromatic nitrogens is 2. The summed E-state index contributed by atoms with van der Waals surface area (Å²) in [5.74, 6) is 0.720. The van der Waals surface area contributed by atoms with Gasteiger partial charge in [-0.1, -0.05) is 13.0 Å². The summed E-state index contributed by atoms with van der Waals surface area (Å²) in [7, 11) is 0. The van der Waals surface area contributed by atoms with Crippen molar-refractivity contribution >= 4 is 16.9 Å². The number of carbonyl (C=O) groups excluding carboxylic acids is 1. The number of fused-ring (bicyclic) bond motifs is 1. The second kappa shape index (κ2) is 9.03. The number of nitrogens with zero attached hydrogens (tertiary/aromatic N) is 3. The molecule has 158 valence electrons. The number of piperidine rings is 1. The number of benzene rings is 1. The van der Waals surface area contributed by atoms with Crippen LogP contribution in [0, 0.1) is 0 Å². The highest BCUT2D eigenvalue weighted by Crippen LogP contribution is 2.32. The standard InChI is InChI=1S/C22H32N4O3/c1-3-16-5-6-20-19(15-16)21(29-4-2)24-26(20)18-7-11-25(12-8-18)22(27)23-17-9-13-28-14-10-17/h5-6,15,17-18H,3-4,7-14H2,1-2H3,(H,23,27). The summed E-state index contributed by atoms with van der Waals surface area (Å²) in [5.41, 5.74) is 2.41. The third kappa shape index (κ3) is 4.34. The topological polar surface area (TPSA) is 68.6 Å². The maximum atomic E-state index is 12.6. The van der Waals surface area contributed by atoms with Gasteiger partial charge in [-0.2, -0.15) is 0 Å². The first-order valence-corrected chi connectivity index (χ1v) is 11.0. The van der Waals surface area contributed by atoms with Crippen LogP contribution in [0.5, 0.6) is 5.88 Å². The fraction of sp³-hybridized carbons (Fsp3) is 0.636. The number of urea groups is 1. The van der Waals surface area contributed by atoms with Gasteiger partial charge in [0.2, 0.25) is 5.88 Å². The van der Waals surface area contributed by atoms with E-state index in [1.54, 1.807) is 0 Å². The summed E-state index contributed by atoms with van der Waals surface area (Å²) in [6.07, 6.45) is 4.61. The highest BCUT2D eigenvalue weighted by atomic mass is 16.5. The van der Waals surface area contributed by atoms with Gasteiger partial charge in [0.25, 0.3) is 0 Å². The number of carbonyl (C=O) groups is 1. The van der Waals surface area contributed by atoms with Crippen LogP contribution in [0.25, 0.3) is 10.9 Å². The molecule has 4 rings (SSSR count). The van der Waals surface area contributed by atoms with Gasteiger partial charge >= 0.3 is 6.03 Å². The molecule has 3 heterocycles. The number of hydrogen-bond donors (Lipinski definition) is 1. The SMILES string of the molecule is CCOc1nn(C2CCN(C(=O)NC3CCOCC3)CC2)c2ccc(CC)cc12. The summed E-state index contributed by atoms with van der Waals surface area (Å²) in [6, 6.07) is 7.11. The van der Waals surface area contributed by atoms with Gasteiger partial charge in [0.05, 0.1) is 23.6 Å². The molecule has 7 nitrogen and oxygen atoms in total. The molecule has 0 unspecified atom stereocenters. The molecule has 1 aromatic carbocycles. The molecule has 0 radical (unpaired) electrons. The van der Waals surface area contributed by atoms with E-state index in [2.05, 4.69) is 35.1 Å². The monoisotopic (exact) mass is 400 g/mol. The average molecular weight is 401 g/mol. The number of rotatable bonds is 5. The Labute approximate surface area is 172 Å². The van der Waals surface area contributed by atoms with Crippen molar-refractivity contribution in [2.24, 2.45) is 0 Å². The number of likely N-dealkylation sites (tertiary alicyclic amines) is 1. The second-order valence-electron chi connectivity index (χ2n) is 7.94. The first kappa shape index (κ1) is 20.0. The molecule has 0 spiro atoms. The van der Waals surface area contributed by atoms with Crippen molar-refractivity contribution in [2.45, 2.75) is 58.0 Å². The molecular formula is C22H32N4O3. The zero-order valence-corrected chi connectivity index (χ0v) is 17.5. The van der Waals surface area contributed by atoms with E-state index in [9.17, 15) is 4.79 Å². The normalized spacial score (nSPS) is 18.9. The Kier molecular flexibility index (Phi) is 6.23. The number of amides is 2. The number of hydrogen-bond acceptors (Lipinski definition) is 4. The Balaban J connectivity index is 1.44. The quantitative estimate of drug-likeness (QED) is 0.834. The molecule has 0 atom stereocenters. The minimum Gasteiger partial charge on any atom is -0.476 e. The van der Waals surface area contributed by atoms with Gasteiger partial charge in [-0.05, 0) is 56.7 Å². The van der Waals surface area contributed by atoms with Gasteiger partial charge in [-0.3, -0.25) is 4.68 Å². The van der Waals surface area contributed by atoms with Crippen molar-refractivity contribution in [1.82, 2.24) is 20.0 Å². The van der Waals surface area contributed by atoms with Crippen molar-refractivity contribution in [3.8, 4) is 5.88 Å². The van der Waals surface area contributed by atoms with Gasteiger partial charge in [0, 0.05) is 32.3 Å². The molecule has 0 bridgehead atoms. The summed E-state index contributed by atoms with van der Waals surface area (Å²) < 4.78 is 13.3. The molecule has 2 aromatic rings. The predicted molar refractivity (Wildman–Crippen MR) is 112 cm³/mol. The molecule has 2 amide bonds. The average Bonchev–Trinajstić information content (AvgIpc) is 3.12. The molecule has 2 fully saturated rings. The zero-order valence-electron chi connectivity index (χ0n) is 17.5. The van der Waals surface area contributed by atoms with Crippen molar-refractivity contribution in [1.29, 1.82) is 0 Å². The molecule has 2 aliphatic rings. The number of ether oxygens (including phenoxy) is 2. The van der Waals surface area contributed by atoms with Gasteiger partial charge in [0.1, 0.15) is 0 Å². The lowest BCUT2D eigenvalue weighted by Gasteiger charge is -2.34. The van der Waals surface area contributed by atoms with Gasteiger partial charge < -0.3 is 19.7 Å². The van der Waals surface area contributed by atoms with E-state index in [0.29, 0.717) is 6.61 Å². The summed E-state index contributed by atoms with van der Waals surface area (Å²) >= 11 is 0. The van der Waals surface area contributed by atoms with Crippen molar-refractivity contribution < 1.29 is 14.3 Å². The minimum atomic E-state index is 0.0586. The molecule has 0 aliphatic carbocycles. The van der Waals surface area contributed by atoms with Gasteiger partial charge in [-0.15, -0.1) is 5.10 Å². The summed E-state index contributed by atoms with van der Waals surface area (Å²) in [5, 5.41) is 9.06. The molecule has 7 heteroatoms. The third-order valence-corrected chi connectivity index (χ3v) is 6.07. The van der Waals surface area contributed by atoms with Crippen LogP contribution in [0.4, 0.5) is 4.79 Å². The lowest BCUT2D eigenvalue weighted by molar-refractivity contribution is 0.0771. The van der Waals surface area contributed by atoms with E-state index in [4.69, 9.17) is 14.6 Å². The van der Waals surface area contributed by atoms with Gasteiger partial charge in [0.15, 0.2) is 0 Å². The first-order valence-electron chi connectivity index (χ1n) is 11.0. The Morgan fingerprint density at radius 1 is 1.21 bits per heavy atom. The van der Waals surface area contributed by atoms with Crippen molar-refractivity contribution in [3.05, 3.63) is 23.8 Å². The minimum absolute atomic E-state index is 0.0586. The largest absolute Gasteiger partial charge is 0.476 e. The number of aryl methyl sites for hydroxylation is 1. The lowest BCUT2D eigenvalue weighted by Crippen LogP contribution is -2.49. The second-order valence-corrected chi connectivity index (χ2v) is 7.94. The molecule has 29 heavy (non-hydrogen) atoms. The van der Waals surface area contributed by atoms with Crippen LogP contribution in [-0.2, 0) is 11.2 Å². The molecule has 1 aromatic heterocycles. The van der Waals surface area contributed by atoms with Crippen LogP contribution in [0.3, 0.4) is 0 Å². The maximum Gasteiger partial charge on any atom is 0.317 e. The van der Waals surface area contributed by atoms with Gasteiger partial charge in [-0.25, -0.2) is 4.79 Å². The molecule has 1 N–H and O–H groups in total. The maximum absolute atomic E-state index is 12.6. The molecular weight excluding hydrogens is 368 g/mol. The van der Waals surface area contributed by atoms with E-state index in [1.165, 1.54) is 5.56 Å². The zero-order chi connectivity index (χ0) is 20.2. The molecule has 2 saturated heterocycles. The smallest absolute Gasteiger partial charge is 0.317 e. The Hall–Kier alpha value is -2.28. The van der Waals surface area contributed by atoms with E-state index in [0.717, 1.165) is 75.2 Å². The Morgan fingerprint density at radius 2 is 1.97 bits per heavy atom. The lowest BCUT2D eigenvalue weighted by atomic mass is 10.0. The van der Waals surface area contributed by atoms with Crippen LogP contribution in [0.15, 0.2) is 18.2 Å². The Bertz CT molecular complexity index is 836. The molecule has 0 saturated carbocycles. The van der Waals surface area contributed by atoms with Crippen LogP contribution >= 0.6 is 0 Å². The fourth-order valence-electron chi connectivity index (χ4n) is 4.32. The van der Waals surface area contributed by atoms with Crippen LogP contribution in [0.1, 0.15) is 51.1 Å². The van der Waals surface area contributed by atoms with E-state index in [1.807, 2.05) is 11.8 Å².